The van der Waals surface area contributed by atoms with Crippen molar-refractivity contribution < 1.29 is 27.5 Å². The lowest BCUT2D eigenvalue weighted by atomic mass is 10.1. The second-order valence-electron chi connectivity index (χ2n) is 11.0. The fourth-order valence-corrected chi connectivity index (χ4v) is 8.52. The number of amidine groups is 1. The summed E-state index contributed by atoms with van der Waals surface area (Å²) in [7, 11) is -3.22. The van der Waals surface area contributed by atoms with Crippen LogP contribution in [-0.2, 0) is 25.8 Å². The van der Waals surface area contributed by atoms with Gasteiger partial charge >= 0.3 is 6.09 Å². The molecule has 9 nitrogen and oxygen atoms in total. The van der Waals surface area contributed by atoms with Crippen molar-refractivity contribution in [1.82, 2.24) is 5.32 Å². The van der Waals surface area contributed by atoms with E-state index in [1.807, 2.05) is 59.5 Å². The molecule has 216 valence electrons. The molecule has 2 aliphatic heterocycles. The van der Waals surface area contributed by atoms with E-state index in [4.69, 9.17) is 9.47 Å². The number of thioether (sulfide) groups is 1. The first-order valence-electron chi connectivity index (χ1n) is 13.5. The van der Waals surface area contributed by atoms with Gasteiger partial charge in [-0.1, -0.05) is 61.5 Å². The van der Waals surface area contributed by atoms with Crippen LogP contribution in [0.5, 0.6) is 5.75 Å². The number of nitrogens with one attached hydrogen (secondary N) is 1. The Kier molecular flexibility index (Phi) is 9.45. The largest absolute Gasteiger partial charge is 0.494 e. The Morgan fingerprint density at radius 1 is 1.12 bits per heavy atom. The van der Waals surface area contributed by atoms with E-state index >= 15 is 0 Å². The molecule has 0 unspecified atom stereocenters. The quantitative estimate of drug-likeness (QED) is 0.424. The lowest BCUT2D eigenvalue weighted by Gasteiger charge is -2.26. The van der Waals surface area contributed by atoms with Gasteiger partial charge in [-0.2, -0.15) is 4.99 Å². The molecule has 2 aliphatic rings. The van der Waals surface area contributed by atoms with Crippen molar-refractivity contribution >= 4 is 44.5 Å². The number of amides is 2. The predicted octanol–water partition coefficient (Wildman–Crippen LogP) is 4.60. The van der Waals surface area contributed by atoms with Gasteiger partial charge in [-0.3, -0.25) is 4.79 Å². The summed E-state index contributed by atoms with van der Waals surface area (Å²) in [6.45, 7) is 7.92. The van der Waals surface area contributed by atoms with Crippen LogP contribution < -0.4 is 15.0 Å². The van der Waals surface area contributed by atoms with E-state index in [0.29, 0.717) is 23.2 Å². The smallest absolute Gasteiger partial charge is 0.408 e. The number of fused-ring (bicyclic) bond motifs is 1. The average molecular weight is 588 g/mol. The average Bonchev–Trinajstić information content (AvgIpc) is 3.34. The highest BCUT2D eigenvalue weighted by atomic mass is 32.2. The molecule has 0 aromatic heterocycles. The van der Waals surface area contributed by atoms with Crippen molar-refractivity contribution in [3.8, 4) is 5.75 Å². The highest BCUT2D eigenvalue weighted by Crippen LogP contribution is 2.41. The maximum Gasteiger partial charge on any atom is 0.408 e. The molecule has 2 saturated heterocycles. The van der Waals surface area contributed by atoms with E-state index in [0.717, 1.165) is 18.4 Å². The zero-order chi connectivity index (χ0) is 28.9. The summed E-state index contributed by atoms with van der Waals surface area (Å²) >= 11 is 1.29. The van der Waals surface area contributed by atoms with Gasteiger partial charge < -0.3 is 19.7 Å². The molecule has 2 aromatic rings. The van der Waals surface area contributed by atoms with E-state index < -0.39 is 33.5 Å². The third kappa shape index (κ3) is 8.00. The standard InChI is InChI=1S/C29H37N3O6S2/c1-5-6-15-37-22-14-10-13-21(17-22)32-24-18-40(35,36)19-25(24)39-27(32)31-26(33)23(16-20-11-8-7-9-12-20)30-28(34)38-29(2,3)4/h7-14,17,23-25H,5-6,15-16,18-19H2,1-4H3,(H,30,34)/t23-,24+,25-/m0/s1. The Hall–Kier alpha value is -3.05. The second kappa shape index (κ2) is 12.6. The van der Waals surface area contributed by atoms with Crippen molar-refractivity contribution in [3.63, 3.8) is 0 Å². The van der Waals surface area contributed by atoms with Crippen molar-refractivity contribution in [1.29, 1.82) is 0 Å². The Balaban J connectivity index is 1.64. The van der Waals surface area contributed by atoms with Gasteiger partial charge in [-0.25, -0.2) is 13.2 Å². The number of aliphatic imine (C=N–C) groups is 1. The fraction of sp³-hybridized carbons (Fsp3) is 0.483. The van der Waals surface area contributed by atoms with Crippen LogP contribution in [-0.4, -0.2) is 66.6 Å². The zero-order valence-electron chi connectivity index (χ0n) is 23.3. The Morgan fingerprint density at radius 2 is 1.88 bits per heavy atom. The highest BCUT2D eigenvalue weighted by Gasteiger charge is 2.49. The summed E-state index contributed by atoms with van der Waals surface area (Å²) < 4.78 is 36.3. The van der Waals surface area contributed by atoms with Gasteiger partial charge in [0.15, 0.2) is 15.0 Å². The van der Waals surface area contributed by atoms with E-state index in [1.165, 1.54) is 11.8 Å². The van der Waals surface area contributed by atoms with Crippen LogP contribution in [0.15, 0.2) is 59.6 Å². The van der Waals surface area contributed by atoms with Crippen LogP contribution in [0.25, 0.3) is 0 Å². The molecule has 11 heteroatoms. The molecular formula is C29H37N3O6S2. The van der Waals surface area contributed by atoms with Gasteiger partial charge in [-0.05, 0) is 44.9 Å². The molecule has 4 rings (SSSR count). The maximum absolute atomic E-state index is 13.6. The highest BCUT2D eigenvalue weighted by molar-refractivity contribution is 8.16. The van der Waals surface area contributed by atoms with E-state index in [2.05, 4.69) is 17.2 Å². The van der Waals surface area contributed by atoms with Gasteiger partial charge in [0.05, 0.1) is 24.2 Å². The Morgan fingerprint density at radius 3 is 2.58 bits per heavy atom. The van der Waals surface area contributed by atoms with Gasteiger partial charge in [-0.15, -0.1) is 0 Å². The van der Waals surface area contributed by atoms with E-state index in [1.54, 1.807) is 20.8 Å². The van der Waals surface area contributed by atoms with E-state index in [-0.39, 0.29) is 29.2 Å². The monoisotopic (exact) mass is 587 g/mol. The lowest BCUT2D eigenvalue weighted by Crippen LogP contribution is -2.45. The summed E-state index contributed by atoms with van der Waals surface area (Å²) in [4.78, 5) is 32.6. The number of anilines is 1. The summed E-state index contributed by atoms with van der Waals surface area (Å²) in [6.07, 6.45) is 1.44. The lowest BCUT2D eigenvalue weighted by molar-refractivity contribution is -0.119. The minimum atomic E-state index is -3.22. The number of carbonyl (C=O) groups excluding carboxylic acids is 2. The fourth-order valence-electron chi connectivity index (χ4n) is 4.60. The number of alkyl carbamates (subject to hydrolysis) is 1. The third-order valence-corrected chi connectivity index (χ3v) is 9.62. The molecule has 2 fully saturated rings. The first kappa shape index (κ1) is 29.9. The Bertz CT molecular complexity index is 1340. The van der Waals surface area contributed by atoms with Crippen molar-refractivity contribution in [2.75, 3.05) is 23.0 Å². The normalized spacial score (nSPS) is 21.6. The number of nitrogens with zero attached hydrogens (tertiary/aromatic N) is 2. The number of sulfone groups is 1. The summed E-state index contributed by atoms with van der Waals surface area (Å²) in [5, 5.41) is 2.84. The van der Waals surface area contributed by atoms with Crippen LogP contribution in [0.1, 0.15) is 46.1 Å². The molecule has 0 saturated carbocycles. The number of unbranched alkanes of at least 4 members (excludes halogenated alkanes) is 1. The summed E-state index contributed by atoms with van der Waals surface area (Å²) in [5.41, 5.74) is 0.826. The van der Waals surface area contributed by atoms with Crippen LogP contribution in [0, 0.1) is 0 Å². The molecule has 3 atom stereocenters. The molecule has 0 aliphatic carbocycles. The number of benzene rings is 2. The van der Waals surface area contributed by atoms with Crippen molar-refractivity contribution in [2.24, 2.45) is 4.99 Å². The minimum Gasteiger partial charge on any atom is -0.494 e. The van der Waals surface area contributed by atoms with E-state index in [9.17, 15) is 18.0 Å². The molecular weight excluding hydrogens is 550 g/mol. The molecule has 2 aromatic carbocycles. The molecule has 0 spiro atoms. The van der Waals surface area contributed by atoms with Gasteiger partial charge in [0, 0.05) is 23.4 Å². The minimum absolute atomic E-state index is 0.0162. The van der Waals surface area contributed by atoms with Crippen molar-refractivity contribution in [2.45, 2.75) is 69.9 Å². The number of rotatable bonds is 9. The number of ether oxygens (including phenoxy) is 2. The first-order chi connectivity index (χ1) is 18.9. The summed E-state index contributed by atoms with van der Waals surface area (Å²) in [5.74, 6) is 0.116. The molecule has 0 bridgehead atoms. The third-order valence-electron chi connectivity index (χ3n) is 6.41. The van der Waals surface area contributed by atoms with Gasteiger partial charge in [0.25, 0.3) is 5.91 Å². The Labute approximate surface area is 240 Å². The van der Waals surface area contributed by atoms with Crippen LogP contribution in [0.4, 0.5) is 10.5 Å². The molecule has 2 heterocycles. The molecule has 2 amide bonds. The predicted molar refractivity (Wildman–Crippen MR) is 159 cm³/mol. The van der Waals surface area contributed by atoms with Crippen LogP contribution in [0.3, 0.4) is 0 Å². The van der Waals surface area contributed by atoms with Crippen molar-refractivity contribution in [3.05, 3.63) is 60.2 Å². The number of hydrogen-bond donors (Lipinski definition) is 1. The molecule has 0 radical (unpaired) electrons. The SMILES string of the molecule is CCCCOc1cccc(N2C(=NC(=O)[C@H](Cc3ccccc3)NC(=O)OC(C)(C)C)S[C@H]3CS(=O)(=O)C[C@H]32)c1. The van der Waals surface area contributed by atoms with Gasteiger partial charge in [0.1, 0.15) is 17.4 Å². The van der Waals surface area contributed by atoms with Gasteiger partial charge in [0.2, 0.25) is 0 Å². The zero-order valence-corrected chi connectivity index (χ0v) is 25.0. The summed E-state index contributed by atoms with van der Waals surface area (Å²) in [6, 6.07) is 15.4. The molecule has 1 N–H and O–H groups in total. The number of hydrogen-bond acceptors (Lipinski definition) is 7. The maximum atomic E-state index is 13.6. The van der Waals surface area contributed by atoms with Crippen LogP contribution in [0.2, 0.25) is 0 Å². The first-order valence-corrected chi connectivity index (χ1v) is 16.2. The molecule has 40 heavy (non-hydrogen) atoms. The topological polar surface area (TPSA) is 114 Å². The number of carbonyl (C=O) groups is 2. The van der Waals surface area contributed by atoms with Crippen LogP contribution >= 0.6 is 11.8 Å². The second-order valence-corrected chi connectivity index (χ2v) is 14.4.